The summed E-state index contributed by atoms with van der Waals surface area (Å²) in [4.78, 5) is 10.5. The van der Waals surface area contributed by atoms with Crippen LogP contribution in [0.1, 0.15) is 16.1 Å². The Bertz CT molecular complexity index is 336. The molecule has 0 saturated carbocycles. The highest BCUT2D eigenvalue weighted by atomic mass is 19.4. The van der Waals surface area contributed by atoms with Crippen molar-refractivity contribution in [3.05, 3.63) is 23.5 Å². The molecule has 2 N–H and O–H groups in total. The molecule has 0 spiro atoms. The third kappa shape index (κ3) is 1.92. The molecule has 0 aliphatic rings. The summed E-state index contributed by atoms with van der Waals surface area (Å²) >= 11 is 0. The molecule has 0 aliphatic carbocycles. The first-order valence-electron chi connectivity index (χ1n) is 3.11. The number of halogens is 3. The van der Waals surface area contributed by atoms with Crippen molar-refractivity contribution in [2.75, 3.05) is 0 Å². The lowest BCUT2D eigenvalue weighted by Crippen LogP contribution is -2.21. The molecule has 0 bridgehead atoms. The first kappa shape index (κ1) is 9.43. The summed E-state index contributed by atoms with van der Waals surface area (Å²) < 4.78 is 36.4. The van der Waals surface area contributed by atoms with Crippen LogP contribution >= 0.6 is 0 Å². The van der Waals surface area contributed by atoms with E-state index in [1.807, 2.05) is 0 Å². The molecule has 13 heavy (non-hydrogen) atoms. The number of aromatic nitrogens is 2. The fourth-order valence-electron chi connectivity index (χ4n) is 0.742. The molecule has 70 valence electrons. The van der Waals surface area contributed by atoms with Crippen molar-refractivity contribution in [2.24, 2.45) is 5.73 Å². The van der Waals surface area contributed by atoms with Crippen LogP contribution in [0.3, 0.4) is 0 Å². The van der Waals surface area contributed by atoms with Gasteiger partial charge in [0, 0.05) is 0 Å². The topological polar surface area (TPSA) is 68.9 Å². The van der Waals surface area contributed by atoms with Crippen molar-refractivity contribution in [2.45, 2.75) is 6.18 Å². The number of nitrogens with two attached hydrogens (primary N) is 1. The number of alkyl halides is 3. The predicted octanol–water partition coefficient (Wildman–Crippen LogP) is 0.594. The Morgan fingerprint density at radius 2 is 2.08 bits per heavy atom. The van der Waals surface area contributed by atoms with Crippen LogP contribution in [0.15, 0.2) is 12.3 Å². The minimum atomic E-state index is -4.64. The van der Waals surface area contributed by atoms with Crippen LogP contribution < -0.4 is 5.73 Å². The number of amides is 1. The molecular formula is C6H4F3N3O. The summed E-state index contributed by atoms with van der Waals surface area (Å²) in [7, 11) is 0. The molecule has 1 rings (SSSR count). The van der Waals surface area contributed by atoms with Gasteiger partial charge < -0.3 is 5.73 Å². The lowest BCUT2D eigenvalue weighted by Gasteiger charge is -2.07. The second-order valence-corrected chi connectivity index (χ2v) is 2.16. The number of nitrogens with zero attached hydrogens (tertiary/aromatic N) is 2. The van der Waals surface area contributed by atoms with Gasteiger partial charge in [0.05, 0.1) is 11.8 Å². The Kier molecular flexibility index (Phi) is 2.18. The largest absolute Gasteiger partial charge is 0.418 e. The third-order valence-electron chi connectivity index (χ3n) is 1.26. The highest BCUT2D eigenvalue weighted by Crippen LogP contribution is 2.30. The van der Waals surface area contributed by atoms with E-state index in [9.17, 15) is 18.0 Å². The van der Waals surface area contributed by atoms with E-state index in [4.69, 9.17) is 0 Å². The van der Waals surface area contributed by atoms with Crippen molar-refractivity contribution >= 4 is 5.91 Å². The third-order valence-corrected chi connectivity index (χ3v) is 1.26. The Balaban J connectivity index is 3.28. The second-order valence-electron chi connectivity index (χ2n) is 2.16. The van der Waals surface area contributed by atoms with E-state index in [-0.39, 0.29) is 0 Å². The van der Waals surface area contributed by atoms with E-state index < -0.39 is 23.3 Å². The number of carbonyl (C=O) groups excluding carboxylic acids is 1. The maximum absolute atomic E-state index is 12.1. The molecule has 7 heteroatoms. The molecule has 0 aromatic carbocycles. The zero-order chi connectivity index (χ0) is 10.1. The smallest absolute Gasteiger partial charge is 0.364 e. The molecule has 1 aromatic rings. The molecule has 0 radical (unpaired) electrons. The predicted molar refractivity (Wildman–Crippen MR) is 35.6 cm³/mol. The van der Waals surface area contributed by atoms with Crippen molar-refractivity contribution in [1.29, 1.82) is 0 Å². The van der Waals surface area contributed by atoms with Crippen LogP contribution in [0.2, 0.25) is 0 Å². The van der Waals surface area contributed by atoms with Gasteiger partial charge in [-0.25, -0.2) is 0 Å². The average molecular weight is 191 g/mol. The van der Waals surface area contributed by atoms with Crippen molar-refractivity contribution in [3.8, 4) is 0 Å². The molecule has 1 heterocycles. The van der Waals surface area contributed by atoms with Crippen LogP contribution in [0.4, 0.5) is 13.2 Å². The van der Waals surface area contributed by atoms with Crippen LogP contribution in [-0.2, 0) is 6.18 Å². The molecule has 1 aromatic heterocycles. The zero-order valence-corrected chi connectivity index (χ0v) is 6.17. The van der Waals surface area contributed by atoms with Crippen LogP contribution in [0, 0.1) is 0 Å². The van der Waals surface area contributed by atoms with Gasteiger partial charge in [-0.3, -0.25) is 4.79 Å². The summed E-state index contributed by atoms with van der Waals surface area (Å²) in [6.45, 7) is 0. The second kappa shape index (κ2) is 3.00. The standard InChI is InChI=1S/C6H4F3N3O/c7-6(8,9)3-1-2-11-12-4(3)5(10)13/h1-2H,(H2,10,13). The zero-order valence-electron chi connectivity index (χ0n) is 6.17. The van der Waals surface area contributed by atoms with Gasteiger partial charge in [0.1, 0.15) is 0 Å². The highest BCUT2D eigenvalue weighted by molar-refractivity contribution is 5.92. The summed E-state index contributed by atoms with van der Waals surface area (Å²) in [5.74, 6) is -1.25. The van der Waals surface area contributed by atoms with Crippen molar-refractivity contribution < 1.29 is 18.0 Å². The van der Waals surface area contributed by atoms with Crippen LogP contribution in [0.5, 0.6) is 0 Å². The van der Waals surface area contributed by atoms with Gasteiger partial charge in [-0.1, -0.05) is 0 Å². The fourth-order valence-corrected chi connectivity index (χ4v) is 0.742. The van der Waals surface area contributed by atoms with Gasteiger partial charge in [0.15, 0.2) is 5.69 Å². The Morgan fingerprint density at radius 1 is 1.46 bits per heavy atom. The van der Waals surface area contributed by atoms with E-state index >= 15 is 0 Å². The number of rotatable bonds is 1. The van der Waals surface area contributed by atoms with Crippen molar-refractivity contribution in [3.63, 3.8) is 0 Å². The molecule has 4 nitrogen and oxygen atoms in total. The summed E-state index contributed by atoms with van der Waals surface area (Å²) in [6, 6.07) is 0.646. The monoisotopic (exact) mass is 191 g/mol. The van der Waals surface area contributed by atoms with Gasteiger partial charge in [-0.2, -0.15) is 18.3 Å². The molecule has 0 unspecified atom stereocenters. The molecule has 0 saturated heterocycles. The summed E-state index contributed by atoms with van der Waals surface area (Å²) in [5, 5.41) is 6.13. The minimum Gasteiger partial charge on any atom is -0.364 e. The molecular weight excluding hydrogens is 187 g/mol. The van der Waals surface area contributed by atoms with E-state index in [0.29, 0.717) is 6.07 Å². The van der Waals surface area contributed by atoms with Crippen LogP contribution in [0.25, 0.3) is 0 Å². The van der Waals surface area contributed by atoms with Crippen LogP contribution in [-0.4, -0.2) is 16.1 Å². The van der Waals surface area contributed by atoms with Gasteiger partial charge in [-0.05, 0) is 6.07 Å². The normalized spacial score (nSPS) is 11.3. The number of hydrogen-bond donors (Lipinski definition) is 1. The van der Waals surface area contributed by atoms with Gasteiger partial charge >= 0.3 is 6.18 Å². The van der Waals surface area contributed by atoms with Crippen molar-refractivity contribution in [1.82, 2.24) is 10.2 Å². The molecule has 0 fully saturated rings. The fraction of sp³-hybridized carbons (Fsp3) is 0.167. The average Bonchev–Trinajstić information content (AvgIpc) is 2.03. The Morgan fingerprint density at radius 3 is 2.46 bits per heavy atom. The lowest BCUT2D eigenvalue weighted by atomic mass is 10.2. The van der Waals surface area contributed by atoms with Gasteiger partial charge in [0.25, 0.3) is 5.91 Å². The van der Waals surface area contributed by atoms with E-state index in [1.165, 1.54) is 0 Å². The van der Waals surface area contributed by atoms with Gasteiger partial charge in [-0.15, -0.1) is 5.10 Å². The Labute approximate surface area is 70.6 Å². The lowest BCUT2D eigenvalue weighted by molar-refractivity contribution is -0.138. The number of hydrogen-bond acceptors (Lipinski definition) is 3. The highest BCUT2D eigenvalue weighted by Gasteiger charge is 2.35. The number of carbonyl (C=O) groups is 1. The summed E-state index contributed by atoms with van der Waals surface area (Å²) in [5.41, 5.74) is 2.63. The summed E-state index contributed by atoms with van der Waals surface area (Å²) in [6.07, 6.45) is -3.80. The van der Waals surface area contributed by atoms with E-state index in [1.54, 1.807) is 0 Å². The van der Waals surface area contributed by atoms with Gasteiger partial charge in [0.2, 0.25) is 0 Å². The quantitative estimate of drug-likeness (QED) is 0.706. The Hall–Kier alpha value is -1.66. The molecule has 0 atom stereocenters. The SMILES string of the molecule is NC(=O)c1nnccc1C(F)(F)F. The van der Waals surface area contributed by atoms with E-state index in [0.717, 1.165) is 6.20 Å². The first-order valence-corrected chi connectivity index (χ1v) is 3.11. The molecule has 0 aliphatic heterocycles. The minimum absolute atomic E-state index is 0.646. The maximum Gasteiger partial charge on any atom is 0.418 e. The first-order chi connectivity index (χ1) is 5.93. The maximum atomic E-state index is 12.1. The molecule has 1 amide bonds. The number of primary amides is 1. The van der Waals surface area contributed by atoms with E-state index in [2.05, 4.69) is 15.9 Å².